The van der Waals surface area contributed by atoms with Crippen molar-refractivity contribution in [1.82, 2.24) is 0 Å². The number of benzene rings is 2. The first-order valence-corrected chi connectivity index (χ1v) is 7.46. The summed E-state index contributed by atoms with van der Waals surface area (Å²) in [5.41, 5.74) is 7.58. The van der Waals surface area contributed by atoms with Gasteiger partial charge in [-0.05, 0) is 35.9 Å². The van der Waals surface area contributed by atoms with Crippen LogP contribution in [-0.4, -0.2) is 19.1 Å². The highest BCUT2D eigenvalue weighted by Crippen LogP contribution is 2.40. The van der Waals surface area contributed by atoms with Gasteiger partial charge in [-0.1, -0.05) is 35.3 Å². The molecule has 0 bridgehead atoms. The second-order valence-electron chi connectivity index (χ2n) is 5.05. The molecule has 1 amide bonds. The van der Waals surface area contributed by atoms with Crippen LogP contribution in [0.1, 0.15) is 11.6 Å². The second-order valence-corrected chi connectivity index (χ2v) is 5.87. The molecule has 114 valence electrons. The SMILES string of the molecule is COc1cccc([C@@H]2[C@H](N)C(=O)N2c2ccc(Cl)c(Cl)c2)c1. The van der Waals surface area contributed by atoms with Gasteiger partial charge in [-0.2, -0.15) is 0 Å². The smallest absolute Gasteiger partial charge is 0.247 e. The lowest BCUT2D eigenvalue weighted by Gasteiger charge is -2.45. The molecule has 6 heteroatoms. The number of rotatable bonds is 3. The van der Waals surface area contributed by atoms with Crippen molar-refractivity contribution in [2.24, 2.45) is 5.73 Å². The Kier molecular flexibility index (Phi) is 4.00. The number of ether oxygens (including phenoxy) is 1. The van der Waals surface area contributed by atoms with Crippen LogP contribution < -0.4 is 15.4 Å². The minimum absolute atomic E-state index is 0.147. The zero-order chi connectivity index (χ0) is 15.9. The van der Waals surface area contributed by atoms with Gasteiger partial charge in [-0.15, -0.1) is 0 Å². The molecule has 1 heterocycles. The van der Waals surface area contributed by atoms with Gasteiger partial charge in [0.2, 0.25) is 5.91 Å². The Bertz CT molecular complexity index is 736. The second kappa shape index (κ2) is 5.80. The third kappa shape index (κ3) is 2.43. The van der Waals surface area contributed by atoms with Gasteiger partial charge in [0.15, 0.2) is 0 Å². The summed E-state index contributed by atoms with van der Waals surface area (Å²) >= 11 is 12.0. The molecule has 0 saturated carbocycles. The van der Waals surface area contributed by atoms with E-state index in [1.165, 1.54) is 0 Å². The number of nitrogens with zero attached hydrogens (tertiary/aromatic N) is 1. The molecule has 0 aliphatic carbocycles. The molecule has 0 aromatic heterocycles. The molecule has 1 saturated heterocycles. The van der Waals surface area contributed by atoms with Crippen molar-refractivity contribution >= 4 is 34.8 Å². The van der Waals surface area contributed by atoms with Gasteiger partial charge in [0.1, 0.15) is 11.8 Å². The molecular formula is C16H14Cl2N2O2. The number of nitrogens with two attached hydrogens (primary N) is 1. The molecule has 2 aromatic rings. The molecule has 0 radical (unpaired) electrons. The average Bonchev–Trinajstić information content (AvgIpc) is 2.54. The number of methoxy groups -OCH3 is 1. The first-order valence-electron chi connectivity index (χ1n) is 6.70. The third-order valence-electron chi connectivity index (χ3n) is 3.76. The number of amides is 1. The molecular weight excluding hydrogens is 323 g/mol. The average molecular weight is 337 g/mol. The number of hydrogen-bond acceptors (Lipinski definition) is 3. The van der Waals surface area contributed by atoms with Gasteiger partial charge >= 0.3 is 0 Å². The lowest BCUT2D eigenvalue weighted by atomic mass is 9.88. The van der Waals surface area contributed by atoms with E-state index in [0.29, 0.717) is 15.7 Å². The van der Waals surface area contributed by atoms with Crippen LogP contribution in [0.2, 0.25) is 10.0 Å². The van der Waals surface area contributed by atoms with Crippen LogP contribution in [0.15, 0.2) is 42.5 Å². The molecule has 2 atom stereocenters. The van der Waals surface area contributed by atoms with E-state index in [4.69, 9.17) is 33.7 Å². The molecule has 2 N–H and O–H groups in total. The van der Waals surface area contributed by atoms with E-state index in [9.17, 15) is 4.79 Å². The molecule has 3 rings (SSSR count). The fourth-order valence-electron chi connectivity index (χ4n) is 2.62. The quantitative estimate of drug-likeness (QED) is 0.873. The topological polar surface area (TPSA) is 55.6 Å². The van der Waals surface area contributed by atoms with Crippen molar-refractivity contribution in [3.05, 3.63) is 58.1 Å². The highest BCUT2D eigenvalue weighted by Gasteiger charge is 2.46. The van der Waals surface area contributed by atoms with Crippen LogP contribution in [0.3, 0.4) is 0 Å². The number of anilines is 1. The molecule has 2 aromatic carbocycles. The van der Waals surface area contributed by atoms with Crippen LogP contribution in [0, 0.1) is 0 Å². The summed E-state index contributed by atoms with van der Waals surface area (Å²) in [7, 11) is 1.60. The van der Waals surface area contributed by atoms with Crippen molar-refractivity contribution in [3.63, 3.8) is 0 Å². The number of carbonyl (C=O) groups is 1. The van der Waals surface area contributed by atoms with E-state index in [2.05, 4.69) is 0 Å². The van der Waals surface area contributed by atoms with Gasteiger partial charge < -0.3 is 15.4 Å². The molecule has 0 unspecified atom stereocenters. The van der Waals surface area contributed by atoms with Gasteiger partial charge in [0, 0.05) is 5.69 Å². The molecule has 0 spiro atoms. The summed E-state index contributed by atoms with van der Waals surface area (Å²) in [5, 5.41) is 0.845. The van der Waals surface area contributed by atoms with Crippen molar-refractivity contribution in [2.45, 2.75) is 12.1 Å². The molecule has 1 aliphatic heterocycles. The summed E-state index contributed by atoms with van der Waals surface area (Å²) in [4.78, 5) is 13.8. The number of hydrogen-bond donors (Lipinski definition) is 1. The fourth-order valence-corrected chi connectivity index (χ4v) is 2.91. The zero-order valence-electron chi connectivity index (χ0n) is 11.8. The Morgan fingerprint density at radius 1 is 1.14 bits per heavy atom. The lowest BCUT2D eigenvalue weighted by molar-refractivity contribution is -0.126. The fraction of sp³-hybridized carbons (Fsp3) is 0.188. The highest BCUT2D eigenvalue weighted by atomic mass is 35.5. The zero-order valence-corrected chi connectivity index (χ0v) is 13.3. The first-order chi connectivity index (χ1) is 10.5. The van der Waals surface area contributed by atoms with Crippen LogP contribution in [0.25, 0.3) is 0 Å². The number of carbonyl (C=O) groups excluding carboxylic acids is 1. The van der Waals surface area contributed by atoms with E-state index in [0.717, 1.165) is 11.3 Å². The van der Waals surface area contributed by atoms with E-state index >= 15 is 0 Å². The van der Waals surface area contributed by atoms with Crippen molar-refractivity contribution in [3.8, 4) is 5.75 Å². The van der Waals surface area contributed by atoms with Gasteiger partial charge in [0.25, 0.3) is 0 Å². The van der Waals surface area contributed by atoms with Crippen LogP contribution in [0.4, 0.5) is 5.69 Å². The van der Waals surface area contributed by atoms with Crippen molar-refractivity contribution in [1.29, 1.82) is 0 Å². The predicted molar refractivity (Wildman–Crippen MR) is 87.7 cm³/mol. The van der Waals surface area contributed by atoms with Gasteiger partial charge in [0.05, 0.1) is 23.2 Å². The van der Waals surface area contributed by atoms with E-state index < -0.39 is 6.04 Å². The molecule has 4 nitrogen and oxygen atoms in total. The summed E-state index contributed by atoms with van der Waals surface area (Å²) in [5.74, 6) is 0.573. The largest absolute Gasteiger partial charge is 0.497 e. The Labute approximate surface area is 138 Å². The van der Waals surface area contributed by atoms with Crippen LogP contribution >= 0.6 is 23.2 Å². The van der Waals surface area contributed by atoms with E-state index in [-0.39, 0.29) is 11.9 Å². The van der Waals surface area contributed by atoms with Gasteiger partial charge in [-0.3, -0.25) is 4.79 Å². The molecule has 22 heavy (non-hydrogen) atoms. The molecule has 1 aliphatic rings. The maximum absolute atomic E-state index is 12.2. The van der Waals surface area contributed by atoms with Gasteiger partial charge in [-0.25, -0.2) is 0 Å². The van der Waals surface area contributed by atoms with Crippen molar-refractivity contribution < 1.29 is 9.53 Å². The Hall–Kier alpha value is -1.75. The molecule has 1 fully saturated rings. The monoisotopic (exact) mass is 336 g/mol. The summed E-state index contributed by atoms with van der Waals surface area (Å²) in [6, 6.07) is 11.8. The summed E-state index contributed by atoms with van der Waals surface area (Å²) in [6.45, 7) is 0. The standard InChI is InChI=1S/C16H14Cl2N2O2/c1-22-11-4-2-3-9(7-11)15-14(19)16(21)20(15)10-5-6-12(17)13(18)8-10/h2-8,14-15H,19H2,1H3/t14-,15+/m0/s1. The maximum atomic E-state index is 12.2. The van der Waals surface area contributed by atoms with E-state index in [1.807, 2.05) is 24.3 Å². The third-order valence-corrected chi connectivity index (χ3v) is 4.50. The maximum Gasteiger partial charge on any atom is 0.247 e. The minimum atomic E-state index is -0.582. The normalized spacial score (nSPS) is 20.7. The van der Waals surface area contributed by atoms with Crippen LogP contribution in [0.5, 0.6) is 5.75 Å². The van der Waals surface area contributed by atoms with Crippen molar-refractivity contribution in [2.75, 3.05) is 12.0 Å². The predicted octanol–water partition coefficient (Wildman–Crippen LogP) is 3.42. The lowest BCUT2D eigenvalue weighted by Crippen LogP contribution is -2.63. The Morgan fingerprint density at radius 2 is 1.91 bits per heavy atom. The number of halogens is 2. The number of β-lactam (4-membered cyclic amide) rings is 1. The summed E-state index contributed by atoms with van der Waals surface area (Å²) in [6.07, 6.45) is 0. The Balaban J connectivity index is 1.98. The van der Waals surface area contributed by atoms with Crippen LogP contribution in [-0.2, 0) is 4.79 Å². The Morgan fingerprint density at radius 3 is 2.59 bits per heavy atom. The highest BCUT2D eigenvalue weighted by molar-refractivity contribution is 6.42. The van der Waals surface area contributed by atoms with E-state index in [1.54, 1.807) is 30.2 Å². The first kappa shape index (κ1) is 15.2. The summed E-state index contributed by atoms with van der Waals surface area (Å²) < 4.78 is 5.23. The minimum Gasteiger partial charge on any atom is -0.497 e.